The lowest BCUT2D eigenvalue weighted by atomic mass is 10.4. The molecule has 11 nitrogen and oxygen atoms in total. The maximum atomic E-state index is 12.4. The summed E-state index contributed by atoms with van der Waals surface area (Å²) in [6.07, 6.45) is 3.47. The predicted octanol–water partition coefficient (Wildman–Crippen LogP) is -0.0771. The molecule has 4 aromatic heterocycles. The van der Waals surface area contributed by atoms with Gasteiger partial charge in [-0.25, -0.2) is 19.3 Å². The number of nitrogens with one attached hydrogen (secondary N) is 1. The second-order valence-corrected chi connectivity index (χ2v) is 6.32. The summed E-state index contributed by atoms with van der Waals surface area (Å²) < 4.78 is 4.20. The van der Waals surface area contributed by atoms with Gasteiger partial charge in [0.15, 0.2) is 11.3 Å². The van der Waals surface area contributed by atoms with Crippen molar-refractivity contribution in [2.75, 3.05) is 11.9 Å². The summed E-state index contributed by atoms with van der Waals surface area (Å²) in [5, 5.41) is 26.2. The summed E-state index contributed by atoms with van der Waals surface area (Å²) in [4.78, 5) is 25.0. The van der Waals surface area contributed by atoms with Crippen molar-refractivity contribution in [1.29, 1.82) is 0 Å². The highest BCUT2D eigenvalue weighted by Crippen LogP contribution is 2.25. The molecule has 0 aliphatic heterocycles. The summed E-state index contributed by atoms with van der Waals surface area (Å²) in [5.74, 6) is 0.210. The van der Waals surface area contributed by atoms with Crippen LogP contribution in [0.1, 0.15) is 0 Å². The number of aryl methyl sites for hydroxylation is 1. The van der Waals surface area contributed by atoms with Crippen molar-refractivity contribution in [2.45, 2.75) is 12.6 Å². The average molecular weight is 391 g/mol. The van der Waals surface area contributed by atoms with Crippen molar-refractivity contribution in [2.24, 2.45) is 7.05 Å². The Morgan fingerprint density at radius 3 is 2.96 bits per heavy atom. The van der Waals surface area contributed by atoms with Gasteiger partial charge in [-0.1, -0.05) is 11.6 Å². The van der Waals surface area contributed by atoms with E-state index in [0.29, 0.717) is 27.5 Å². The summed E-state index contributed by atoms with van der Waals surface area (Å²) >= 11 is 6.26. The molecule has 0 aliphatic rings. The van der Waals surface area contributed by atoms with Crippen molar-refractivity contribution in [1.82, 2.24) is 33.7 Å². The van der Waals surface area contributed by atoms with Crippen LogP contribution in [0.15, 0.2) is 29.6 Å². The lowest BCUT2D eigenvalue weighted by Gasteiger charge is -2.09. The van der Waals surface area contributed by atoms with Crippen molar-refractivity contribution < 1.29 is 10.2 Å². The standard InChI is InChI=1S/C15H15ClN8O3/c1-22-11-3-17-14(21-13(11)23(15(22)27)4-8(26)6-25)20-10-5-24-12(2-9(10)16)18-7-19-24/h2-3,5,7-8,25-26H,4,6H2,1H3,(H,17,20,21). The molecule has 0 amide bonds. The molecule has 0 saturated carbocycles. The third-order valence-corrected chi connectivity index (χ3v) is 4.41. The van der Waals surface area contributed by atoms with Gasteiger partial charge >= 0.3 is 5.69 Å². The third-order valence-electron chi connectivity index (χ3n) is 4.10. The molecule has 0 radical (unpaired) electrons. The van der Waals surface area contributed by atoms with E-state index >= 15 is 0 Å². The Bertz CT molecular complexity index is 1200. The molecule has 0 saturated heterocycles. The van der Waals surface area contributed by atoms with E-state index in [2.05, 4.69) is 25.4 Å². The number of aliphatic hydroxyl groups is 2. The van der Waals surface area contributed by atoms with E-state index in [1.807, 2.05) is 0 Å². The number of imidazole rings is 1. The van der Waals surface area contributed by atoms with Crippen LogP contribution >= 0.6 is 11.6 Å². The predicted molar refractivity (Wildman–Crippen MR) is 97.1 cm³/mol. The second-order valence-electron chi connectivity index (χ2n) is 5.91. The van der Waals surface area contributed by atoms with Crippen molar-refractivity contribution in [3.05, 3.63) is 40.3 Å². The first-order chi connectivity index (χ1) is 13.0. The van der Waals surface area contributed by atoms with Gasteiger partial charge in [-0.05, 0) is 0 Å². The van der Waals surface area contributed by atoms with E-state index in [0.717, 1.165) is 0 Å². The molecule has 140 valence electrons. The number of fused-ring (bicyclic) bond motifs is 2. The first kappa shape index (κ1) is 17.4. The molecule has 0 bridgehead atoms. The van der Waals surface area contributed by atoms with Gasteiger partial charge in [-0.15, -0.1) is 0 Å². The smallest absolute Gasteiger partial charge is 0.330 e. The Morgan fingerprint density at radius 1 is 1.37 bits per heavy atom. The average Bonchev–Trinajstić information content (AvgIpc) is 3.20. The number of halogens is 1. The van der Waals surface area contributed by atoms with Gasteiger partial charge in [0.2, 0.25) is 5.95 Å². The highest BCUT2D eigenvalue weighted by Gasteiger charge is 2.17. The van der Waals surface area contributed by atoms with Crippen molar-refractivity contribution in [3.63, 3.8) is 0 Å². The topological polar surface area (TPSA) is 135 Å². The number of hydrogen-bond acceptors (Lipinski definition) is 8. The second kappa shape index (κ2) is 6.61. The van der Waals surface area contributed by atoms with Gasteiger partial charge in [-0.2, -0.15) is 10.1 Å². The molecule has 0 spiro atoms. The van der Waals surface area contributed by atoms with E-state index in [4.69, 9.17) is 16.7 Å². The maximum Gasteiger partial charge on any atom is 0.330 e. The maximum absolute atomic E-state index is 12.4. The lowest BCUT2D eigenvalue weighted by Crippen LogP contribution is -2.29. The SMILES string of the molecule is Cn1c(=O)n(CC(O)CO)c2nc(Nc3cn4ncnc4cc3Cl)ncc21. The molecule has 4 rings (SSSR count). The molecule has 0 fully saturated rings. The van der Waals surface area contributed by atoms with E-state index in [-0.39, 0.29) is 18.2 Å². The molecular weight excluding hydrogens is 376 g/mol. The summed E-state index contributed by atoms with van der Waals surface area (Å²) in [5.41, 5.74) is 1.55. The molecular formula is C15H15ClN8O3. The Kier molecular flexibility index (Phi) is 4.26. The zero-order chi connectivity index (χ0) is 19.1. The first-order valence-electron chi connectivity index (χ1n) is 7.95. The lowest BCUT2D eigenvalue weighted by molar-refractivity contribution is 0.0811. The largest absolute Gasteiger partial charge is 0.394 e. The number of hydrogen-bond donors (Lipinski definition) is 3. The Morgan fingerprint density at radius 2 is 2.19 bits per heavy atom. The molecule has 27 heavy (non-hydrogen) atoms. The fraction of sp³-hybridized carbons (Fsp3) is 0.267. The number of anilines is 2. The number of rotatable bonds is 5. The van der Waals surface area contributed by atoms with Gasteiger partial charge in [0.05, 0.1) is 42.4 Å². The summed E-state index contributed by atoms with van der Waals surface area (Å²) in [7, 11) is 1.58. The highest BCUT2D eigenvalue weighted by molar-refractivity contribution is 6.33. The Hall–Kier alpha value is -3.02. The van der Waals surface area contributed by atoms with Crippen LogP contribution in [0, 0.1) is 0 Å². The Labute approximate surface area is 156 Å². The minimum atomic E-state index is -1.08. The van der Waals surface area contributed by atoms with Gasteiger partial charge in [0, 0.05) is 13.1 Å². The highest BCUT2D eigenvalue weighted by atomic mass is 35.5. The zero-order valence-electron chi connectivity index (χ0n) is 14.1. The molecule has 0 aliphatic carbocycles. The van der Waals surface area contributed by atoms with Gasteiger partial charge in [0.25, 0.3) is 0 Å². The number of aliphatic hydroxyl groups excluding tert-OH is 2. The molecule has 12 heteroatoms. The van der Waals surface area contributed by atoms with Gasteiger partial charge in [-0.3, -0.25) is 9.13 Å². The molecule has 1 atom stereocenters. The molecule has 4 aromatic rings. The normalized spacial score (nSPS) is 12.7. The molecule has 0 aromatic carbocycles. The van der Waals surface area contributed by atoms with E-state index < -0.39 is 12.7 Å². The molecule has 3 N–H and O–H groups in total. The third kappa shape index (κ3) is 3.01. The van der Waals surface area contributed by atoms with Gasteiger partial charge < -0.3 is 15.5 Å². The van der Waals surface area contributed by atoms with Gasteiger partial charge in [0.1, 0.15) is 11.8 Å². The quantitative estimate of drug-likeness (QED) is 0.430. The monoisotopic (exact) mass is 390 g/mol. The summed E-state index contributed by atoms with van der Waals surface area (Å²) in [6.45, 7) is -0.554. The van der Waals surface area contributed by atoms with Crippen LogP contribution in [0.5, 0.6) is 0 Å². The van der Waals surface area contributed by atoms with E-state index in [1.54, 1.807) is 23.8 Å². The minimum Gasteiger partial charge on any atom is -0.394 e. The van der Waals surface area contributed by atoms with Crippen LogP contribution in [0.2, 0.25) is 5.02 Å². The fourth-order valence-electron chi connectivity index (χ4n) is 2.72. The molecule has 4 heterocycles. The first-order valence-corrected chi connectivity index (χ1v) is 8.33. The summed E-state index contributed by atoms with van der Waals surface area (Å²) in [6, 6.07) is 1.64. The molecule has 1 unspecified atom stereocenters. The van der Waals surface area contributed by atoms with Crippen LogP contribution < -0.4 is 11.0 Å². The minimum absolute atomic E-state index is 0.0885. The number of nitrogens with zero attached hydrogens (tertiary/aromatic N) is 7. The van der Waals surface area contributed by atoms with Crippen molar-refractivity contribution >= 4 is 40.0 Å². The van der Waals surface area contributed by atoms with Crippen molar-refractivity contribution in [3.8, 4) is 0 Å². The van der Waals surface area contributed by atoms with Crippen LogP contribution in [-0.4, -0.2) is 56.6 Å². The number of pyridine rings is 1. The van der Waals surface area contributed by atoms with Crippen LogP contribution in [0.25, 0.3) is 16.8 Å². The van der Waals surface area contributed by atoms with Crippen LogP contribution in [0.4, 0.5) is 11.6 Å². The Balaban J connectivity index is 1.77. The number of aromatic nitrogens is 7. The van der Waals surface area contributed by atoms with E-state index in [1.165, 1.54) is 21.7 Å². The fourth-order valence-corrected chi connectivity index (χ4v) is 2.91. The van der Waals surface area contributed by atoms with E-state index in [9.17, 15) is 9.90 Å². The van der Waals surface area contributed by atoms with Crippen LogP contribution in [0.3, 0.4) is 0 Å². The zero-order valence-corrected chi connectivity index (χ0v) is 14.9. The van der Waals surface area contributed by atoms with Crippen LogP contribution in [-0.2, 0) is 13.6 Å².